The molecule has 0 aromatic heterocycles. The molecule has 0 bridgehead atoms. The predicted molar refractivity (Wildman–Crippen MR) is 105 cm³/mol. The first kappa shape index (κ1) is 16.1. The molecule has 2 heterocycles. The Labute approximate surface area is 157 Å². The van der Waals surface area contributed by atoms with Crippen molar-refractivity contribution in [1.29, 1.82) is 0 Å². The van der Waals surface area contributed by atoms with E-state index in [4.69, 9.17) is 4.74 Å². The Kier molecular flexibility index (Phi) is 3.00. The van der Waals surface area contributed by atoms with Crippen LogP contribution in [0.4, 0.5) is 0 Å². The van der Waals surface area contributed by atoms with Gasteiger partial charge in [0.05, 0.1) is 5.56 Å². The number of phenols is 2. The Morgan fingerprint density at radius 1 is 0.815 bits per heavy atom. The van der Waals surface area contributed by atoms with Gasteiger partial charge in [-0.2, -0.15) is 0 Å². The van der Waals surface area contributed by atoms with E-state index in [-0.39, 0.29) is 17.5 Å². The highest BCUT2D eigenvalue weighted by Crippen LogP contribution is 2.49. The van der Waals surface area contributed by atoms with Gasteiger partial charge in [-0.3, -0.25) is 0 Å². The lowest BCUT2D eigenvalue weighted by Gasteiger charge is -2.43. The quantitative estimate of drug-likeness (QED) is 0.469. The summed E-state index contributed by atoms with van der Waals surface area (Å²) in [7, 11) is -2.24. The number of benzene rings is 3. The molecule has 27 heavy (non-hydrogen) atoms. The topological polar surface area (TPSA) is 66.8 Å². The summed E-state index contributed by atoms with van der Waals surface area (Å²) in [5, 5.41) is 22.3. The summed E-state index contributed by atoms with van der Waals surface area (Å²) in [5.41, 5.74) is 2.10. The first-order valence-corrected chi connectivity index (χ1v) is 11.9. The summed E-state index contributed by atoms with van der Waals surface area (Å²) < 4.78 is 6.11. The molecule has 0 atom stereocenters. The molecule has 0 unspecified atom stereocenters. The summed E-state index contributed by atoms with van der Waals surface area (Å²) >= 11 is 0. The molecule has 0 aliphatic carbocycles. The number of phenolic OH excluding ortho intramolecular Hbond substituents is 2. The summed E-state index contributed by atoms with van der Waals surface area (Å²) in [5.74, 6) is 0.0152. The number of ether oxygens (including phenoxy) is 1. The third-order valence-corrected chi connectivity index (χ3v) is 9.40. The van der Waals surface area contributed by atoms with Crippen molar-refractivity contribution in [1.82, 2.24) is 0 Å². The Morgan fingerprint density at radius 2 is 1.37 bits per heavy atom. The molecular formula is C22H18O4Si. The van der Waals surface area contributed by atoms with Crippen LogP contribution in [-0.4, -0.2) is 24.3 Å². The summed E-state index contributed by atoms with van der Waals surface area (Å²) in [4.78, 5) is 12.7. The summed E-state index contributed by atoms with van der Waals surface area (Å²) in [6.07, 6.45) is 0. The van der Waals surface area contributed by atoms with Crippen molar-refractivity contribution in [2.24, 2.45) is 0 Å². The normalized spacial score (nSPS) is 17.8. The van der Waals surface area contributed by atoms with Crippen molar-refractivity contribution in [2.45, 2.75) is 18.7 Å². The fraction of sp³-hybridized carbons (Fsp3) is 0.136. The van der Waals surface area contributed by atoms with Crippen molar-refractivity contribution >= 4 is 24.4 Å². The number of hydrogen-bond acceptors (Lipinski definition) is 4. The van der Waals surface area contributed by atoms with E-state index in [9.17, 15) is 15.0 Å². The van der Waals surface area contributed by atoms with Gasteiger partial charge in [-0.25, -0.2) is 4.79 Å². The van der Waals surface area contributed by atoms with Crippen molar-refractivity contribution in [3.05, 3.63) is 82.9 Å². The minimum absolute atomic E-state index is 0.186. The highest BCUT2D eigenvalue weighted by atomic mass is 28.3. The van der Waals surface area contributed by atoms with Gasteiger partial charge in [0.25, 0.3) is 0 Å². The molecule has 5 heteroatoms. The molecule has 3 aromatic rings. The number of rotatable bonds is 0. The van der Waals surface area contributed by atoms with Gasteiger partial charge in [0, 0.05) is 16.7 Å². The molecular weight excluding hydrogens is 356 g/mol. The van der Waals surface area contributed by atoms with Gasteiger partial charge < -0.3 is 14.9 Å². The van der Waals surface area contributed by atoms with Gasteiger partial charge >= 0.3 is 5.97 Å². The molecule has 0 fully saturated rings. The average Bonchev–Trinajstić information content (AvgIpc) is 2.94. The van der Waals surface area contributed by atoms with Crippen LogP contribution in [0.25, 0.3) is 0 Å². The zero-order valence-corrected chi connectivity index (χ0v) is 16.0. The first-order valence-electron chi connectivity index (χ1n) is 8.86. The Balaban J connectivity index is 1.97. The molecule has 5 rings (SSSR count). The van der Waals surface area contributed by atoms with Crippen LogP contribution in [0, 0.1) is 0 Å². The van der Waals surface area contributed by atoms with E-state index in [1.54, 1.807) is 30.3 Å². The van der Waals surface area contributed by atoms with Gasteiger partial charge in [-0.1, -0.05) is 43.4 Å². The lowest BCUT2D eigenvalue weighted by atomic mass is 9.79. The number of aromatic hydroxyl groups is 2. The van der Waals surface area contributed by atoms with E-state index in [2.05, 4.69) is 13.1 Å². The standard InChI is InChI=1S/C22H18O4Si/c1-27(2)19-11-13(23)7-9-17(19)22(18-10-8-14(24)12-20(18)27)16-6-4-3-5-15(16)21(25)26-22/h3-12,23-24H,1-2H3. The molecule has 3 aromatic carbocycles. The van der Waals surface area contributed by atoms with Crippen LogP contribution in [0.2, 0.25) is 13.1 Å². The minimum Gasteiger partial charge on any atom is -0.508 e. The van der Waals surface area contributed by atoms with E-state index in [0.717, 1.165) is 27.1 Å². The molecule has 1 spiro atoms. The second-order valence-corrected chi connectivity index (χ2v) is 12.0. The van der Waals surface area contributed by atoms with E-state index >= 15 is 0 Å². The van der Waals surface area contributed by atoms with Crippen LogP contribution >= 0.6 is 0 Å². The van der Waals surface area contributed by atoms with Crippen LogP contribution in [0.1, 0.15) is 27.0 Å². The predicted octanol–water partition coefficient (Wildman–Crippen LogP) is 2.70. The van der Waals surface area contributed by atoms with Gasteiger partial charge in [-0.05, 0) is 40.7 Å². The maximum absolute atomic E-state index is 12.7. The fourth-order valence-corrected chi connectivity index (χ4v) is 7.79. The average molecular weight is 374 g/mol. The molecule has 2 N–H and O–H groups in total. The highest BCUT2D eigenvalue weighted by molar-refractivity contribution is 7.01. The second kappa shape index (κ2) is 5.01. The molecule has 2 aliphatic heterocycles. The van der Waals surface area contributed by atoms with Crippen LogP contribution < -0.4 is 10.4 Å². The molecule has 134 valence electrons. The Hall–Kier alpha value is -3.05. The first-order chi connectivity index (χ1) is 12.9. The van der Waals surface area contributed by atoms with Gasteiger partial charge in [0.2, 0.25) is 0 Å². The van der Waals surface area contributed by atoms with E-state index < -0.39 is 13.7 Å². The lowest BCUT2D eigenvalue weighted by Crippen LogP contribution is -2.63. The summed E-state index contributed by atoms with van der Waals surface area (Å²) in [6, 6.07) is 18.0. The van der Waals surface area contributed by atoms with Crippen LogP contribution in [0.3, 0.4) is 0 Å². The molecule has 0 radical (unpaired) electrons. The number of carbonyl (C=O) groups excluding carboxylic acids is 1. The second-order valence-electron chi connectivity index (χ2n) is 7.70. The van der Waals surface area contributed by atoms with Crippen molar-refractivity contribution in [3.63, 3.8) is 0 Å². The lowest BCUT2D eigenvalue weighted by molar-refractivity contribution is 0.0255. The largest absolute Gasteiger partial charge is 0.508 e. The van der Waals surface area contributed by atoms with Crippen LogP contribution in [-0.2, 0) is 10.3 Å². The third-order valence-electron chi connectivity index (χ3n) is 5.88. The van der Waals surface area contributed by atoms with Crippen molar-refractivity contribution in [3.8, 4) is 11.5 Å². The fourth-order valence-electron chi connectivity index (χ4n) is 4.62. The van der Waals surface area contributed by atoms with Gasteiger partial charge in [-0.15, -0.1) is 0 Å². The number of carbonyl (C=O) groups is 1. The SMILES string of the molecule is C[Si]1(C)c2cc(O)ccc2C2(OC(=O)c3ccccc32)c2ccc(O)cc21. The minimum atomic E-state index is -2.24. The smallest absolute Gasteiger partial charge is 0.340 e. The third kappa shape index (κ3) is 1.89. The van der Waals surface area contributed by atoms with E-state index in [0.29, 0.717) is 5.56 Å². The molecule has 0 saturated heterocycles. The van der Waals surface area contributed by atoms with Crippen LogP contribution in [0.5, 0.6) is 11.5 Å². The summed E-state index contributed by atoms with van der Waals surface area (Å²) in [6.45, 7) is 4.36. The molecule has 0 saturated carbocycles. The van der Waals surface area contributed by atoms with Gasteiger partial charge in [0.15, 0.2) is 5.60 Å². The zero-order valence-electron chi connectivity index (χ0n) is 15.0. The molecule has 4 nitrogen and oxygen atoms in total. The Morgan fingerprint density at radius 3 is 1.96 bits per heavy atom. The maximum Gasteiger partial charge on any atom is 0.340 e. The van der Waals surface area contributed by atoms with Gasteiger partial charge in [0.1, 0.15) is 19.6 Å². The maximum atomic E-state index is 12.7. The van der Waals surface area contributed by atoms with Crippen molar-refractivity contribution < 1.29 is 19.7 Å². The number of esters is 1. The number of hydrogen-bond donors (Lipinski definition) is 2. The van der Waals surface area contributed by atoms with Crippen molar-refractivity contribution in [2.75, 3.05) is 0 Å². The van der Waals surface area contributed by atoms with E-state index in [1.807, 2.05) is 30.3 Å². The molecule has 2 aliphatic rings. The Bertz CT molecular complexity index is 1080. The monoisotopic (exact) mass is 374 g/mol. The highest BCUT2D eigenvalue weighted by Gasteiger charge is 2.55. The van der Waals surface area contributed by atoms with E-state index in [1.165, 1.54) is 0 Å². The van der Waals surface area contributed by atoms with Crippen LogP contribution in [0.15, 0.2) is 60.7 Å². The zero-order chi connectivity index (χ0) is 19.0. The number of fused-ring (bicyclic) bond motifs is 6. The molecule has 0 amide bonds.